The number of hydrogen-bond acceptors (Lipinski definition) is 4. The van der Waals surface area contributed by atoms with Crippen molar-refractivity contribution in [2.24, 2.45) is 5.73 Å². The Labute approximate surface area is 119 Å². The fourth-order valence-corrected chi connectivity index (χ4v) is 5.15. The smallest absolute Gasteiger partial charge is 0.250 e. The molecule has 0 aromatic carbocycles. The normalized spacial score (nSPS) is 18.4. The van der Waals surface area contributed by atoms with Crippen LogP contribution in [0.2, 0.25) is 0 Å². The molecule has 3 N–H and O–H groups in total. The van der Waals surface area contributed by atoms with Gasteiger partial charge in [0.15, 0.2) is 0 Å². The molecular formula is C13H22N2O2S2. The van der Waals surface area contributed by atoms with Crippen LogP contribution in [0.1, 0.15) is 43.4 Å². The minimum Gasteiger partial charge on any atom is -0.330 e. The van der Waals surface area contributed by atoms with Crippen LogP contribution in [0, 0.1) is 0 Å². The van der Waals surface area contributed by atoms with Crippen LogP contribution in [-0.2, 0) is 16.4 Å². The summed E-state index contributed by atoms with van der Waals surface area (Å²) in [6.07, 6.45) is 7.34. The zero-order chi connectivity index (χ0) is 13.7. The van der Waals surface area contributed by atoms with Crippen molar-refractivity contribution in [3.05, 3.63) is 17.0 Å². The number of sulfonamides is 1. The van der Waals surface area contributed by atoms with Gasteiger partial charge in [0.1, 0.15) is 4.21 Å². The third-order valence-electron chi connectivity index (χ3n) is 3.47. The Hall–Kier alpha value is -0.430. The minimum atomic E-state index is -3.35. The van der Waals surface area contributed by atoms with E-state index in [-0.39, 0.29) is 6.04 Å². The molecule has 0 spiro atoms. The van der Waals surface area contributed by atoms with Crippen molar-refractivity contribution in [1.82, 2.24) is 4.72 Å². The lowest BCUT2D eigenvalue weighted by Gasteiger charge is -2.15. The maximum absolute atomic E-state index is 12.3. The van der Waals surface area contributed by atoms with Gasteiger partial charge in [0.2, 0.25) is 10.0 Å². The van der Waals surface area contributed by atoms with Gasteiger partial charge in [-0.2, -0.15) is 0 Å². The van der Waals surface area contributed by atoms with Crippen molar-refractivity contribution >= 4 is 21.4 Å². The van der Waals surface area contributed by atoms with Gasteiger partial charge in [0, 0.05) is 10.9 Å². The van der Waals surface area contributed by atoms with E-state index in [1.54, 1.807) is 6.07 Å². The molecule has 19 heavy (non-hydrogen) atoms. The van der Waals surface area contributed by atoms with Gasteiger partial charge >= 0.3 is 0 Å². The van der Waals surface area contributed by atoms with Crippen molar-refractivity contribution in [2.45, 2.75) is 55.2 Å². The monoisotopic (exact) mass is 302 g/mol. The topological polar surface area (TPSA) is 72.2 Å². The van der Waals surface area contributed by atoms with Gasteiger partial charge in [0.05, 0.1) is 0 Å². The standard InChI is InChI=1S/C13H22N2O2S2/c14-10-9-12-7-8-13(18-12)19(16,17)15-11-5-3-1-2-4-6-11/h7-8,11,15H,1-6,9-10,14H2. The molecule has 1 aliphatic rings. The zero-order valence-electron chi connectivity index (χ0n) is 11.1. The van der Waals surface area contributed by atoms with Gasteiger partial charge in [-0.15, -0.1) is 11.3 Å². The lowest BCUT2D eigenvalue weighted by atomic mass is 10.1. The molecule has 0 radical (unpaired) electrons. The molecule has 2 rings (SSSR count). The highest BCUT2D eigenvalue weighted by Gasteiger charge is 2.22. The van der Waals surface area contributed by atoms with E-state index in [1.807, 2.05) is 6.07 Å². The lowest BCUT2D eigenvalue weighted by molar-refractivity contribution is 0.511. The largest absolute Gasteiger partial charge is 0.330 e. The van der Waals surface area contributed by atoms with E-state index in [1.165, 1.54) is 24.2 Å². The van der Waals surface area contributed by atoms with E-state index in [2.05, 4.69) is 4.72 Å². The lowest BCUT2D eigenvalue weighted by Crippen LogP contribution is -2.33. The Bertz CT molecular complexity index is 488. The number of nitrogens with one attached hydrogen (secondary N) is 1. The van der Waals surface area contributed by atoms with E-state index >= 15 is 0 Å². The highest BCUT2D eigenvalue weighted by Crippen LogP contribution is 2.24. The Morgan fingerprint density at radius 2 is 1.89 bits per heavy atom. The molecule has 1 aromatic heterocycles. The molecule has 0 unspecified atom stereocenters. The summed E-state index contributed by atoms with van der Waals surface area (Å²) >= 11 is 1.33. The predicted octanol–water partition coefficient (Wildman–Crippen LogP) is 2.25. The summed E-state index contributed by atoms with van der Waals surface area (Å²) in [6, 6.07) is 3.65. The first-order chi connectivity index (χ1) is 9.12. The first-order valence-electron chi connectivity index (χ1n) is 6.93. The molecule has 0 atom stereocenters. The van der Waals surface area contributed by atoms with Crippen molar-refractivity contribution in [3.8, 4) is 0 Å². The van der Waals surface area contributed by atoms with Gasteiger partial charge in [-0.25, -0.2) is 13.1 Å². The minimum absolute atomic E-state index is 0.104. The van der Waals surface area contributed by atoms with Gasteiger partial charge in [-0.3, -0.25) is 0 Å². The second-order valence-electron chi connectivity index (χ2n) is 5.07. The first kappa shape index (κ1) is 15.0. The summed E-state index contributed by atoms with van der Waals surface area (Å²) in [5.74, 6) is 0. The van der Waals surface area contributed by atoms with E-state index in [0.29, 0.717) is 10.8 Å². The summed E-state index contributed by atoms with van der Waals surface area (Å²) < 4.78 is 27.9. The zero-order valence-corrected chi connectivity index (χ0v) is 12.7. The third-order valence-corrected chi connectivity index (χ3v) is 6.63. The van der Waals surface area contributed by atoms with Gasteiger partial charge in [0.25, 0.3) is 0 Å². The third kappa shape index (κ3) is 4.27. The van der Waals surface area contributed by atoms with Crippen molar-refractivity contribution < 1.29 is 8.42 Å². The number of hydrogen-bond donors (Lipinski definition) is 2. The van der Waals surface area contributed by atoms with Crippen LogP contribution >= 0.6 is 11.3 Å². The van der Waals surface area contributed by atoms with Crippen LogP contribution in [0.25, 0.3) is 0 Å². The number of thiophene rings is 1. The van der Waals surface area contributed by atoms with Crippen LogP contribution in [0.15, 0.2) is 16.3 Å². The number of rotatable bonds is 5. The van der Waals surface area contributed by atoms with Crippen LogP contribution in [0.5, 0.6) is 0 Å². The SMILES string of the molecule is NCCc1ccc(S(=O)(=O)NC2CCCCCC2)s1. The molecule has 1 heterocycles. The summed E-state index contributed by atoms with van der Waals surface area (Å²) in [6.45, 7) is 0.552. The fourth-order valence-electron chi connectivity index (χ4n) is 2.45. The molecule has 0 aliphatic heterocycles. The van der Waals surface area contributed by atoms with Gasteiger partial charge < -0.3 is 5.73 Å². The highest BCUT2D eigenvalue weighted by atomic mass is 32.2. The maximum atomic E-state index is 12.3. The summed E-state index contributed by atoms with van der Waals surface area (Å²) in [5.41, 5.74) is 5.49. The molecule has 1 aromatic rings. The molecule has 1 aliphatic carbocycles. The Kier molecular flexibility index (Phi) is 5.38. The average Bonchev–Trinajstić information content (AvgIpc) is 2.69. The Morgan fingerprint density at radius 3 is 2.53 bits per heavy atom. The predicted molar refractivity (Wildman–Crippen MR) is 78.9 cm³/mol. The molecular weight excluding hydrogens is 280 g/mol. The van der Waals surface area contributed by atoms with E-state index < -0.39 is 10.0 Å². The molecule has 108 valence electrons. The van der Waals surface area contributed by atoms with Crippen LogP contribution in [0.3, 0.4) is 0 Å². The molecule has 1 saturated carbocycles. The Balaban J connectivity index is 2.03. The number of nitrogens with two attached hydrogens (primary N) is 1. The van der Waals surface area contributed by atoms with Crippen molar-refractivity contribution in [1.29, 1.82) is 0 Å². The van der Waals surface area contributed by atoms with Crippen LogP contribution in [0.4, 0.5) is 0 Å². The molecule has 4 nitrogen and oxygen atoms in total. The highest BCUT2D eigenvalue weighted by molar-refractivity contribution is 7.91. The van der Waals surface area contributed by atoms with E-state index in [0.717, 1.165) is 37.0 Å². The molecule has 0 saturated heterocycles. The van der Waals surface area contributed by atoms with Crippen LogP contribution < -0.4 is 10.5 Å². The molecule has 0 amide bonds. The second kappa shape index (κ2) is 6.83. The first-order valence-corrected chi connectivity index (χ1v) is 9.23. The Morgan fingerprint density at radius 1 is 1.21 bits per heavy atom. The molecule has 0 bridgehead atoms. The average molecular weight is 302 g/mol. The van der Waals surface area contributed by atoms with Crippen molar-refractivity contribution in [3.63, 3.8) is 0 Å². The van der Waals surface area contributed by atoms with Crippen molar-refractivity contribution in [2.75, 3.05) is 6.54 Å². The fraction of sp³-hybridized carbons (Fsp3) is 0.692. The van der Waals surface area contributed by atoms with E-state index in [4.69, 9.17) is 5.73 Å². The summed E-state index contributed by atoms with van der Waals surface area (Å²) in [5, 5.41) is 0. The van der Waals surface area contributed by atoms with Gasteiger partial charge in [-0.1, -0.05) is 25.7 Å². The quantitative estimate of drug-likeness (QED) is 0.819. The maximum Gasteiger partial charge on any atom is 0.250 e. The van der Waals surface area contributed by atoms with E-state index in [9.17, 15) is 8.42 Å². The van der Waals surface area contributed by atoms with Crippen LogP contribution in [-0.4, -0.2) is 21.0 Å². The second-order valence-corrected chi connectivity index (χ2v) is 8.18. The van der Waals surface area contributed by atoms with Gasteiger partial charge in [-0.05, 0) is 37.9 Å². The molecule has 1 fully saturated rings. The molecule has 6 heteroatoms. The summed E-state index contributed by atoms with van der Waals surface area (Å²) in [4.78, 5) is 1.03. The summed E-state index contributed by atoms with van der Waals surface area (Å²) in [7, 11) is -3.35.